The van der Waals surface area contributed by atoms with Gasteiger partial charge in [-0.3, -0.25) is 0 Å². The molecule has 0 radical (unpaired) electrons. The molecule has 1 rings (SSSR count). The summed E-state index contributed by atoms with van der Waals surface area (Å²) >= 11 is 0. The van der Waals surface area contributed by atoms with Crippen LogP contribution in [0.5, 0.6) is 5.88 Å². The molecule has 1 atom stereocenters. The molecule has 0 spiro atoms. The van der Waals surface area contributed by atoms with Gasteiger partial charge in [-0.25, -0.2) is 4.98 Å². The summed E-state index contributed by atoms with van der Waals surface area (Å²) in [5.41, 5.74) is 1.01. The molecule has 5 heteroatoms. The lowest BCUT2D eigenvalue weighted by atomic mass is 10.2. The van der Waals surface area contributed by atoms with Gasteiger partial charge in [0.2, 0.25) is 5.88 Å². The molecule has 1 heterocycles. The number of nitrogens with one attached hydrogen (secondary N) is 1. The van der Waals surface area contributed by atoms with Crippen LogP contribution >= 0.6 is 0 Å². The van der Waals surface area contributed by atoms with Crippen molar-refractivity contribution in [1.29, 1.82) is 0 Å². The number of hydrogen-bond donors (Lipinski definition) is 2. The van der Waals surface area contributed by atoms with E-state index in [0.29, 0.717) is 25.5 Å². The number of aromatic nitrogens is 1. The van der Waals surface area contributed by atoms with Crippen LogP contribution in [0.1, 0.15) is 12.0 Å². The van der Waals surface area contributed by atoms with E-state index in [4.69, 9.17) is 9.47 Å². The summed E-state index contributed by atoms with van der Waals surface area (Å²) in [6.07, 6.45) is 1.95. The third-order valence-corrected chi connectivity index (χ3v) is 2.37. The third kappa shape index (κ3) is 5.12. The number of methoxy groups -OCH3 is 2. The first kappa shape index (κ1) is 13.9. The number of nitrogens with zero attached hydrogens (tertiary/aromatic N) is 1. The standard InChI is InChI=1S/C12H20N2O3/c1-16-9-11(15)5-7-13-8-10-4-3-6-14-12(10)17-2/h3-4,6,11,13,15H,5,7-9H2,1-2H3. The lowest BCUT2D eigenvalue weighted by molar-refractivity contribution is 0.0594. The molecule has 0 saturated heterocycles. The summed E-state index contributed by atoms with van der Waals surface area (Å²) in [6.45, 7) is 1.77. The molecule has 17 heavy (non-hydrogen) atoms. The third-order valence-electron chi connectivity index (χ3n) is 2.37. The zero-order chi connectivity index (χ0) is 12.5. The van der Waals surface area contributed by atoms with Crippen LogP contribution in [0.25, 0.3) is 0 Å². The Bertz CT molecular complexity index is 320. The van der Waals surface area contributed by atoms with Gasteiger partial charge in [0.05, 0.1) is 19.8 Å². The monoisotopic (exact) mass is 240 g/mol. The average Bonchev–Trinajstić information content (AvgIpc) is 2.35. The van der Waals surface area contributed by atoms with Crippen molar-refractivity contribution >= 4 is 0 Å². The molecule has 0 aliphatic heterocycles. The lowest BCUT2D eigenvalue weighted by Gasteiger charge is -2.11. The van der Waals surface area contributed by atoms with E-state index < -0.39 is 6.10 Å². The van der Waals surface area contributed by atoms with Crippen molar-refractivity contribution in [3.05, 3.63) is 23.9 Å². The van der Waals surface area contributed by atoms with Crippen LogP contribution in [0.15, 0.2) is 18.3 Å². The van der Waals surface area contributed by atoms with Gasteiger partial charge < -0.3 is 19.9 Å². The maximum atomic E-state index is 9.45. The van der Waals surface area contributed by atoms with E-state index in [1.165, 1.54) is 0 Å². The summed E-state index contributed by atoms with van der Waals surface area (Å²) in [4.78, 5) is 4.11. The van der Waals surface area contributed by atoms with Gasteiger partial charge >= 0.3 is 0 Å². The predicted octanol–water partition coefficient (Wildman–Crippen LogP) is 0.577. The van der Waals surface area contributed by atoms with Crippen LogP contribution in [0.4, 0.5) is 0 Å². The second kappa shape index (κ2) is 8.00. The van der Waals surface area contributed by atoms with Gasteiger partial charge in [0, 0.05) is 25.4 Å². The lowest BCUT2D eigenvalue weighted by Crippen LogP contribution is -2.23. The Kier molecular flexibility index (Phi) is 6.54. The number of hydrogen-bond acceptors (Lipinski definition) is 5. The van der Waals surface area contributed by atoms with Crippen molar-refractivity contribution in [2.75, 3.05) is 27.4 Å². The molecule has 5 nitrogen and oxygen atoms in total. The average molecular weight is 240 g/mol. The molecule has 0 fully saturated rings. The summed E-state index contributed by atoms with van der Waals surface area (Å²) in [5, 5.41) is 12.7. The SMILES string of the molecule is COCC(O)CCNCc1cccnc1OC. The summed E-state index contributed by atoms with van der Waals surface area (Å²) < 4.78 is 9.99. The Morgan fingerprint density at radius 2 is 2.29 bits per heavy atom. The molecule has 1 unspecified atom stereocenters. The van der Waals surface area contributed by atoms with E-state index in [2.05, 4.69) is 10.3 Å². The quantitative estimate of drug-likeness (QED) is 0.651. The minimum Gasteiger partial charge on any atom is -0.481 e. The highest BCUT2D eigenvalue weighted by molar-refractivity contribution is 5.24. The smallest absolute Gasteiger partial charge is 0.217 e. The van der Waals surface area contributed by atoms with Crippen molar-refractivity contribution in [3.63, 3.8) is 0 Å². The van der Waals surface area contributed by atoms with Crippen LogP contribution in [-0.4, -0.2) is 43.6 Å². The molecule has 0 aliphatic carbocycles. The van der Waals surface area contributed by atoms with E-state index in [1.54, 1.807) is 20.4 Å². The van der Waals surface area contributed by atoms with Crippen LogP contribution in [0, 0.1) is 0 Å². The molecule has 1 aromatic rings. The largest absolute Gasteiger partial charge is 0.481 e. The molecule has 0 saturated carbocycles. The molecule has 0 aliphatic rings. The highest BCUT2D eigenvalue weighted by atomic mass is 16.5. The summed E-state index contributed by atoms with van der Waals surface area (Å²) in [5.74, 6) is 0.637. The van der Waals surface area contributed by atoms with Gasteiger partial charge in [-0.05, 0) is 19.0 Å². The zero-order valence-corrected chi connectivity index (χ0v) is 10.3. The second-order valence-electron chi connectivity index (χ2n) is 3.75. The fraction of sp³-hybridized carbons (Fsp3) is 0.583. The molecule has 96 valence electrons. The van der Waals surface area contributed by atoms with E-state index in [1.807, 2.05) is 12.1 Å². The predicted molar refractivity (Wildman–Crippen MR) is 65.0 cm³/mol. The Labute approximate surface area is 102 Å². The van der Waals surface area contributed by atoms with Gasteiger partial charge in [0.1, 0.15) is 0 Å². The van der Waals surface area contributed by atoms with Gasteiger partial charge in [-0.15, -0.1) is 0 Å². The number of rotatable bonds is 8. The van der Waals surface area contributed by atoms with Crippen molar-refractivity contribution in [1.82, 2.24) is 10.3 Å². The topological polar surface area (TPSA) is 63.6 Å². The summed E-state index contributed by atoms with van der Waals surface area (Å²) in [6, 6.07) is 3.84. The number of ether oxygens (including phenoxy) is 2. The van der Waals surface area contributed by atoms with Crippen LogP contribution in [-0.2, 0) is 11.3 Å². The van der Waals surface area contributed by atoms with Gasteiger partial charge in [-0.1, -0.05) is 6.07 Å². The van der Waals surface area contributed by atoms with Crippen molar-refractivity contribution in [2.24, 2.45) is 0 Å². The molecule has 1 aromatic heterocycles. The first-order valence-corrected chi connectivity index (χ1v) is 5.63. The van der Waals surface area contributed by atoms with E-state index in [0.717, 1.165) is 12.1 Å². The fourth-order valence-electron chi connectivity index (χ4n) is 1.51. The molecular formula is C12H20N2O3. The molecule has 0 aromatic carbocycles. The number of aliphatic hydroxyl groups excluding tert-OH is 1. The van der Waals surface area contributed by atoms with Crippen molar-refractivity contribution < 1.29 is 14.6 Å². The maximum Gasteiger partial charge on any atom is 0.217 e. The highest BCUT2D eigenvalue weighted by Crippen LogP contribution is 2.12. The second-order valence-corrected chi connectivity index (χ2v) is 3.75. The molecule has 2 N–H and O–H groups in total. The van der Waals surface area contributed by atoms with E-state index >= 15 is 0 Å². The minimum absolute atomic E-state index is 0.373. The number of pyridine rings is 1. The van der Waals surface area contributed by atoms with E-state index in [-0.39, 0.29) is 0 Å². The Balaban J connectivity index is 2.26. The van der Waals surface area contributed by atoms with Gasteiger partial charge in [0.25, 0.3) is 0 Å². The van der Waals surface area contributed by atoms with Gasteiger partial charge in [-0.2, -0.15) is 0 Å². The summed E-state index contributed by atoms with van der Waals surface area (Å²) in [7, 11) is 3.19. The Morgan fingerprint density at radius 1 is 1.47 bits per heavy atom. The normalized spacial score (nSPS) is 12.4. The first-order valence-electron chi connectivity index (χ1n) is 5.63. The first-order chi connectivity index (χ1) is 8.27. The molecule has 0 bridgehead atoms. The fourth-order valence-corrected chi connectivity index (χ4v) is 1.51. The molecule has 0 amide bonds. The van der Waals surface area contributed by atoms with Crippen molar-refractivity contribution in [2.45, 2.75) is 19.1 Å². The van der Waals surface area contributed by atoms with E-state index in [9.17, 15) is 5.11 Å². The maximum absolute atomic E-state index is 9.45. The van der Waals surface area contributed by atoms with Crippen LogP contribution in [0.2, 0.25) is 0 Å². The zero-order valence-electron chi connectivity index (χ0n) is 10.3. The highest BCUT2D eigenvalue weighted by Gasteiger charge is 2.04. The van der Waals surface area contributed by atoms with Crippen LogP contribution < -0.4 is 10.1 Å². The van der Waals surface area contributed by atoms with Gasteiger partial charge in [0.15, 0.2) is 0 Å². The van der Waals surface area contributed by atoms with Crippen molar-refractivity contribution in [3.8, 4) is 5.88 Å². The Morgan fingerprint density at radius 3 is 3.00 bits per heavy atom. The minimum atomic E-state index is -0.414. The van der Waals surface area contributed by atoms with Crippen LogP contribution in [0.3, 0.4) is 0 Å². The number of aliphatic hydroxyl groups is 1. The molecular weight excluding hydrogens is 220 g/mol. The Hall–Kier alpha value is -1.17.